The van der Waals surface area contributed by atoms with Gasteiger partial charge in [-0.25, -0.2) is 9.78 Å². The molecule has 0 saturated carbocycles. The minimum Gasteiger partial charge on any atom is -0.503 e. The van der Waals surface area contributed by atoms with Crippen molar-refractivity contribution in [2.75, 3.05) is 19.7 Å². The van der Waals surface area contributed by atoms with Crippen LogP contribution in [0.4, 0.5) is 4.79 Å². The molecule has 1 aliphatic rings. The molecule has 2 rings (SSSR count). The number of amides is 1. The summed E-state index contributed by atoms with van der Waals surface area (Å²) in [4.78, 5) is 17.8. The van der Waals surface area contributed by atoms with Gasteiger partial charge >= 0.3 is 6.09 Å². The van der Waals surface area contributed by atoms with Gasteiger partial charge in [-0.15, -0.1) is 0 Å². The zero-order valence-electron chi connectivity index (χ0n) is 13.4. The first kappa shape index (κ1) is 16.4. The first-order chi connectivity index (χ1) is 10.3. The largest absolute Gasteiger partial charge is 0.503 e. The average molecular weight is 308 g/mol. The van der Waals surface area contributed by atoms with E-state index in [0.29, 0.717) is 19.7 Å². The fourth-order valence-electron chi connectivity index (χ4n) is 2.38. The van der Waals surface area contributed by atoms with Crippen LogP contribution in [0.15, 0.2) is 18.3 Å². The van der Waals surface area contributed by atoms with Gasteiger partial charge in [0, 0.05) is 25.2 Å². The summed E-state index contributed by atoms with van der Waals surface area (Å²) in [5, 5.41) is 9.64. The lowest BCUT2D eigenvalue weighted by molar-refractivity contribution is 0.0137. The van der Waals surface area contributed by atoms with E-state index in [0.717, 1.165) is 12.8 Å². The Bertz CT molecular complexity index is 513. The molecule has 122 valence electrons. The van der Waals surface area contributed by atoms with Gasteiger partial charge in [-0.05, 0) is 45.7 Å². The molecule has 0 radical (unpaired) electrons. The number of nitrogens with zero attached hydrogens (tertiary/aromatic N) is 2. The van der Waals surface area contributed by atoms with E-state index in [1.165, 1.54) is 6.07 Å². The smallest absolute Gasteiger partial charge is 0.410 e. The van der Waals surface area contributed by atoms with Crippen molar-refractivity contribution >= 4 is 6.09 Å². The number of hydrogen-bond acceptors (Lipinski definition) is 5. The van der Waals surface area contributed by atoms with Crippen molar-refractivity contribution in [1.29, 1.82) is 0 Å². The van der Waals surface area contributed by atoms with E-state index in [2.05, 4.69) is 4.98 Å². The van der Waals surface area contributed by atoms with Crippen LogP contribution in [0.1, 0.15) is 33.6 Å². The molecule has 2 heterocycles. The number of hydrogen-bond donors (Lipinski definition) is 1. The number of aromatic nitrogens is 1. The Morgan fingerprint density at radius 3 is 2.95 bits per heavy atom. The summed E-state index contributed by atoms with van der Waals surface area (Å²) in [7, 11) is 0. The van der Waals surface area contributed by atoms with Gasteiger partial charge in [-0.2, -0.15) is 0 Å². The predicted octanol–water partition coefficient (Wildman–Crippen LogP) is 2.81. The Balaban J connectivity index is 1.86. The normalized spacial score (nSPS) is 18.9. The van der Waals surface area contributed by atoms with E-state index < -0.39 is 5.60 Å². The molecule has 0 aromatic carbocycles. The lowest BCUT2D eigenvalue weighted by Gasteiger charge is -2.33. The van der Waals surface area contributed by atoms with Crippen LogP contribution in [-0.2, 0) is 4.74 Å². The molecule has 1 aromatic heterocycles. The zero-order chi connectivity index (χ0) is 16.2. The third kappa shape index (κ3) is 4.79. The third-order valence-electron chi connectivity index (χ3n) is 3.38. The van der Waals surface area contributed by atoms with Crippen LogP contribution in [0, 0.1) is 5.92 Å². The Kier molecular flexibility index (Phi) is 5.11. The highest BCUT2D eigenvalue weighted by Gasteiger charge is 2.28. The molecule has 1 fully saturated rings. The van der Waals surface area contributed by atoms with E-state index >= 15 is 0 Å². The van der Waals surface area contributed by atoms with E-state index in [1.54, 1.807) is 17.2 Å². The molecule has 0 aliphatic carbocycles. The number of likely N-dealkylation sites (tertiary alicyclic amines) is 1. The average Bonchev–Trinajstić information content (AvgIpc) is 2.45. The van der Waals surface area contributed by atoms with Crippen LogP contribution in [0.25, 0.3) is 0 Å². The number of ether oxygens (including phenoxy) is 2. The standard InChI is InChI=1S/C16H24N2O4/c1-16(2,3)22-15(20)18-9-5-6-12(10-18)11-21-14-13(19)7-4-8-17-14/h4,7-8,12,19H,5-6,9-11H2,1-3H3. The van der Waals surface area contributed by atoms with Gasteiger partial charge in [-0.3, -0.25) is 0 Å². The summed E-state index contributed by atoms with van der Waals surface area (Å²) in [5.74, 6) is 0.474. The molecular weight excluding hydrogens is 284 g/mol. The molecule has 6 nitrogen and oxygen atoms in total. The highest BCUT2D eigenvalue weighted by Crippen LogP contribution is 2.24. The van der Waals surface area contributed by atoms with E-state index in [9.17, 15) is 9.90 Å². The van der Waals surface area contributed by atoms with Gasteiger partial charge in [0.2, 0.25) is 0 Å². The lowest BCUT2D eigenvalue weighted by atomic mass is 9.99. The molecule has 1 unspecified atom stereocenters. The molecule has 1 amide bonds. The summed E-state index contributed by atoms with van der Waals surface area (Å²) < 4.78 is 11.0. The van der Waals surface area contributed by atoms with Crippen LogP contribution < -0.4 is 4.74 Å². The first-order valence-electron chi connectivity index (χ1n) is 7.60. The fraction of sp³-hybridized carbons (Fsp3) is 0.625. The van der Waals surface area contributed by atoms with Crippen molar-refractivity contribution < 1.29 is 19.4 Å². The summed E-state index contributed by atoms with van der Waals surface area (Å²) in [6, 6.07) is 3.18. The van der Waals surface area contributed by atoms with E-state index in [-0.39, 0.29) is 23.6 Å². The monoisotopic (exact) mass is 308 g/mol. The second-order valence-electron chi connectivity index (χ2n) is 6.57. The summed E-state index contributed by atoms with van der Waals surface area (Å²) in [6.45, 7) is 7.31. The van der Waals surface area contributed by atoms with E-state index in [4.69, 9.17) is 9.47 Å². The quantitative estimate of drug-likeness (QED) is 0.929. The number of carbonyl (C=O) groups is 1. The number of carbonyl (C=O) groups excluding carboxylic acids is 1. The van der Waals surface area contributed by atoms with Crippen LogP contribution >= 0.6 is 0 Å². The minimum absolute atomic E-state index is 0.0299. The van der Waals surface area contributed by atoms with Gasteiger partial charge in [-0.1, -0.05) is 0 Å². The van der Waals surface area contributed by atoms with Crippen LogP contribution in [-0.4, -0.2) is 46.4 Å². The second-order valence-corrected chi connectivity index (χ2v) is 6.57. The molecule has 1 aromatic rings. The molecule has 22 heavy (non-hydrogen) atoms. The van der Waals surface area contributed by atoms with Gasteiger partial charge in [0.25, 0.3) is 5.88 Å². The van der Waals surface area contributed by atoms with Crippen LogP contribution in [0.3, 0.4) is 0 Å². The maximum Gasteiger partial charge on any atom is 0.410 e. The second kappa shape index (κ2) is 6.85. The summed E-state index contributed by atoms with van der Waals surface area (Å²) in [6.07, 6.45) is 3.19. The molecule has 0 spiro atoms. The van der Waals surface area contributed by atoms with Crippen LogP contribution in [0.2, 0.25) is 0 Å². The number of piperidine rings is 1. The van der Waals surface area contributed by atoms with Gasteiger partial charge in [0.05, 0.1) is 6.61 Å². The molecule has 1 N–H and O–H groups in total. The highest BCUT2D eigenvalue weighted by molar-refractivity contribution is 5.68. The van der Waals surface area contributed by atoms with Crippen molar-refractivity contribution in [2.45, 2.75) is 39.2 Å². The number of rotatable bonds is 3. The molecule has 1 aliphatic heterocycles. The molecule has 1 atom stereocenters. The maximum absolute atomic E-state index is 12.1. The van der Waals surface area contributed by atoms with Crippen molar-refractivity contribution in [3.8, 4) is 11.6 Å². The molecule has 6 heteroatoms. The summed E-state index contributed by atoms with van der Waals surface area (Å²) >= 11 is 0. The van der Waals surface area contributed by atoms with Crippen molar-refractivity contribution in [2.24, 2.45) is 5.92 Å². The molecular formula is C16H24N2O4. The van der Waals surface area contributed by atoms with Crippen molar-refractivity contribution in [1.82, 2.24) is 9.88 Å². The van der Waals surface area contributed by atoms with Crippen LogP contribution in [0.5, 0.6) is 11.6 Å². The minimum atomic E-state index is -0.486. The van der Waals surface area contributed by atoms with Gasteiger partial charge in [0.1, 0.15) is 5.60 Å². The van der Waals surface area contributed by atoms with Crippen molar-refractivity contribution in [3.63, 3.8) is 0 Å². The zero-order valence-corrected chi connectivity index (χ0v) is 13.4. The van der Waals surface area contributed by atoms with Crippen molar-refractivity contribution in [3.05, 3.63) is 18.3 Å². The maximum atomic E-state index is 12.1. The molecule has 0 bridgehead atoms. The Morgan fingerprint density at radius 1 is 1.50 bits per heavy atom. The number of aromatic hydroxyl groups is 1. The Labute approximate surface area is 131 Å². The van der Waals surface area contributed by atoms with Gasteiger partial charge < -0.3 is 19.5 Å². The summed E-state index contributed by atoms with van der Waals surface area (Å²) in [5.41, 5.74) is -0.486. The number of pyridine rings is 1. The molecule has 1 saturated heterocycles. The predicted molar refractivity (Wildman–Crippen MR) is 81.9 cm³/mol. The fourth-order valence-corrected chi connectivity index (χ4v) is 2.38. The first-order valence-corrected chi connectivity index (χ1v) is 7.60. The Hall–Kier alpha value is -1.98. The highest BCUT2D eigenvalue weighted by atomic mass is 16.6. The van der Waals surface area contributed by atoms with Gasteiger partial charge in [0.15, 0.2) is 5.75 Å². The van der Waals surface area contributed by atoms with E-state index in [1.807, 2.05) is 20.8 Å². The SMILES string of the molecule is CC(C)(C)OC(=O)N1CCCC(COc2ncccc2O)C1. The Morgan fingerprint density at radius 2 is 2.27 bits per heavy atom. The topological polar surface area (TPSA) is 71.9 Å². The lowest BCUT2D eigenvalue weighted by Crippen LogP contribution is -2.44. The third-order valence-corrected chi connectivity index (χ3v) is 3.38.